The van der Waals surface area contributed by atoms with Gasteiger partial charge in [0.15, 0.2) is 0 Å². The second kappa shape index (κ2) is 10.3. The Balaban J connectivity index is 0.000000160. The summed E-state index contributed by atoms with van der Waals surface area (Å²) in [6.45, 7) is 8.37. The fraction of sp³-hybridized carbons (Fsp3) is 0.296. The van der Waals surface area contributed by atoms with Crippen molar-refractivity contribution in [2.24, 2.45) is 13.0 Å². The molecule has 5 rings (SSSR count). The molecule has 33 heavy (non-hydrogen) atoms. The number of rotatable bonds is 4. The normalized spacial score (nSPS) is 14.0. The lowest BCUT2D eigenvalue weighted by atomic mass is 9.99. The van der Waals surface area contributed by atoms with Crippen molar-refractivity contribution in [3.8, 4) is 11.1 Å². The Bertz CT molecular complexity index is 1220. The number of pyridine rings is 2. The zero-order valence-corrected chi connectivity index (χ0v) is 19.7. The molecule has 4 heterocycles. The highest BCUT2D eigenvalue weighted by atomic mass is 15.2. The maximum absolute atomic E-state index is 4.41. The van der Waals surface area contributed by atoms with E-state index in [0.717, 1.165) is 47.2 Å². The Kier molecular flexibility index (Phi) is 7.03. The van der Waals surface area contributed by atoms with E-state index in [2.05, 4.69) is 69.1 Å². The van der Waals surface area contributed by atoms with Gasteiger partial charge in [-0.05, 0) is 59.5 Å². The van der Waals surface area contributed by atoms with Gasteiger partial charge in [-0.2, -0.15) is 5.10 Å². The highest BCUT2D eigenvalue weighted by Gasteiger charge is 2.16. The van der Waals surface area contributed by atoms with Crippen molar-refractivity contribution >= 4 is 28.5 Å². The van der Waals surface area contributed by atoms with Crippen molar-refractivity contribution in [3.63, 3.8) is 0 Å². The Morgan fingerprint density at radius 2 is 1.82 bits per heavy atom. The van der Waals surface area contributed by atoms with E-state index in [4.69, 9.17) is 0 Å². The van der Waals surface area contributed by atoms with E-state index in [1.165, 1.54) is 23.8 Å². The first kappa shape index (κ1) is 22.5. The minimum Gasteiger partial charge on any atom is -0.373 e. The molecule has 0 unspecified atom stereocenters. The number of piperidine rings is 1. The minimum absolute atomic E-state index is 0.865. The van der Waals surface area contributed by atoms with Crippen molar-refractivity contribution < 1.29 is 0 Å². The number of benzene rings is 1. The van der Waals surface area contributed by atoms with Crippen LogP contribution in [0.4, 0.5) is 11.6 Å². The maximum atomic E-state index is 4.41. The minimum atomic E-state index is 0.865. The van der Waals surface area contributed by atoms with E-state index < -0.39 is 0 Å². The van der Waals surface area contributed by atoms with Crippen molar-refractivity contribution in [1.82, 2.24) is 19.7 Å². The third-order valence-electron chi connectivity index (χ3n) is 6.13. The molecule has 0 spiro atoms. The fourth-order valence-corrected chi connectivity index (χ4v) is 4.00. The summed E-state index contributed by atoms with van der Waals surface area (Å²) in [5, 5.41) is 9.57. The molecule has 1 saturated heterocycles. The van der Waals surface area contributed by atoms with Crippen LogP contribution in [0.3, 0.4) is 0 Å². The summed E-state index contributed by atoms with van der Waals surface area (Å²) in [5.74, 6) is 2.84. The standard InChI is InChI=1S/C14H14N4.C13H18N2/c1-15-14-6-12-5-10(3-4-11(12)7-16-14)13-8-17-18(2)9-13;1-3-12-4-7-14-13(10-12)15-8-5-11(2)6-9-15/h3-9H,1-2H3,(H,15,16);3-4,7,10-11H,1,5-6,8-9H2,2H3. The largest absolute Gasteiger partial charge is 0.373 e. The number of anilines is 2. The summed E-state index contributed by atoms with van der Waals surface area (Å²) in [6.07, 6.45) is 12.1. The third kappa shape index (κ3) is 5.58. The Morgan fingerprint density at radius 1 is 1.00 bits per heavy atom. The van der Waals surface area contributed by atoms with E-state index in [1.807, 2.05) is 55.7 Å². The van der Waals surface area contributed by atoms with Crippen LogP contribution in [-0.2, 0) is 7.05 Å². The molecular weight excluding hydrogens is 408 g/mol. The molecule has 3 aromatic heterocycles. The van der Waals surface area contributed by atoms with E-state index in [9.17, 15) is 0 Å². The van der Waals surface area contributed by atoms with Gasteiger partial charge in [-0.1, -0.05) is 31.7 Å². The highest BCUT2D eigenvalue weighted by Crippen LogP contribution is 2.25. The SMILES string of the molecule is C=Cc1ccnc(N2CCC(C)CC2)c1.CNc1cc2cc(-c3cnn(C)c3)ccc2cn1. The average molecular weight is 441 g/mol. The number of hydrogen-bond donors (Lipinski definition) is 1. The van der Waals surface area contributed by atoms with Crippen LogP contribution >= 0.6 is 0 Å². The van der Waals surface area contributed by atoms with Crippen LogP contribution in [0.5, 0.6) is 0 Å². The zero-order chi connectivity index (χ0) is 23.2. The van der Waals surface area contributed by atoms with E-state index in [1.54, 1.807) is 0 Å². The summed E-state index contributed by atoms with van der Waals surface area (Å²) in [5.41, 5.74) is 3.45. The predicted octanol–water partition coefficient (Wildman–Crippen LogP) is 5.64. The lowest BCUT2D eigenvalue weighted by molar-refractivity contribution is 0.436. The molecule has 0 saturated carbocycles. The molecule has 6 nitrogen and oxygen atoms in total. The smallest absolute Gasteiger partial charge is 0.129 e. The molecule has 1 N–H and O–H groups in total. The second-order valence-corrected chi connectivity index (χ2v) is 8.61. The monoisotopic (exact) mass is 440 g/mol. The Labute approximate surface area is 196 Å². The Hall–Kier alpha value is -3.67. The fourth-order valence-electron chi connectivity index (χ4n) is 4.00. The molecular formula is C27H32N6. The van der Waals surface area contributed by atoms with Crippen molar-refractivity contribution in [2.45, 2.75) is 19.8 Å². The first-order valence-corrected chi connectivity index (χ1v) is 11.5. The van der Waals surface area contributed by atoms with Crippen LogP contribution < -0.4 is 10.2 Å². The second-order valence-electron chi connectivity index (χ2n) is 8.61. The topological polar surface area (TPSA) is 58.9 Å². The van der Waals surface area contributed by atoms with Crippen LogP contribution in [0.25, 0.3) is 28.0 Å². The van der Waals surface area contributed by atoms with Crippen molar-refractivity contribution in [1.29, 1.82) is 0 Å². The average Bonchev–Trinajstić information content (AvgIpc) is 3.30. The van der Waals surface area contributed by atoms with Gasteiger partial charge >= 0.3 is 0 Å². The van der Waals surface area contributed by atoms with Crippen LogP contribution in [-0.4, -0.2) is 39.9 Å². The van der Waals surface area contributed by atoms with Crippen molar-refractivity contribution in [2.75, 3.05) is 30.4 Å². The number of aryl methyl sites for hydroxylation is 1. The van der Waals surface area contributed by atoms with Gasteiger partial charge in [0.05, 0.1) is 6.20 Å². The van der Waals surface area contributed by atoms with Gasteiger partial charge in [-0.3, -0.25) is 4.68 Å². The van der Waals surface area contributed by atoms with Gasteiger partial charge < -0.3 is 10.2 Å². The van der Waals surface area contributed by atoms with E-state index in [-0.39, 0.29) is 0 Å². The van der Waals surface area contributed by atoms with Crippen LogP contribution in [0.1, 0.15) is 25.3 Å². The number of nitrogens with zero attached hydrogens (tertiary/aromatic N) is 5. The molecule has 1 fully saturated rings. The molecule has 0 atom stereocenters. The number of aromatic nitrogens is 4. The number of nitrogens with one attached hydrogen (secondary N) is 1. The molecule has 0 bridgehead atoms. The molecule has 1 aliphatic heterocycles. The van der Waals surface area contributed by atoms with Gasteiger partial charge in [-0.25, -0.2) is 9.97 Å². The summed E-state index contributed by atoms with van der Waals surface area (Å²) in [4.78, 5) is 11.1. The first-order valence-electron chi connectivity index (χ1n) is 11.5. The third-order valence-corrected chi connectivity index (χ3v) is 6.13. The predicted molar refractivity (Wildman–Crippen MR) is 138 cm³/mol. The molecule has 1 aliphatic rings. The molecule has 1 aromatic carbocycles. The van der Waals surface area contributed by atoms with Gasteiger partial charge in [0.1, 0.15) is 11.6 Å². The molecule has 0 amide bonds. The molecule has 6 heteroatoms. The van der Waals surface area contributed by atoms with Gasteiger partial charge in [-0.15, -0.1) is 0 Å². The summed E-state index contributed by atoms with van der Waals surface area (Å²) in [6, 6.07) is 12.5. The van der Waals surface area contributed by atoms with Gasteiger partial charge in [0.2, 0.25) is 0 Å². The summed E-state index contributed by atoms with van der Waals surface area (Å²) < 4.78 is 1.81. The number of fused-ring (bicyclic) bond motifs is 1. The summed E-state index contributed by atoms with van der Waals surface area (Å²) in [7, 11) is 3.80. The zero-order valence-electron chi connectivity index (χ0n) is 19.7. The lowest BCUT2D eigenvalue weighted by Crippen LogP contribution is -2.33. The molecule has 4 aromatic rings. The highest BCUT2D eigenvalue weighted by molar-refractivity contribution is 5.88. The molecule has 0 radical (unpaired) electrons. The maximum Gasteiger partial charge on any atom is 0.129 e. The van der Waals surface area contributed by atoms with Crippen LogP contribution in [0, 0.1) is 5.92 Å². The van der Waals surface area contributed by atoms with Crippen LogP contribution in [0.15, 0.2) is 67.8 Å². The first-order chi connectivity index (χ1) is 16.1. The van der Waals surface area contributed by atoms with Gasteiger partial charge in [0, 0.05) is 56.7 Å². The van der Waals surface area contributed by atoms with Gasteiger partial charge in [0.25, 0.3) is 0 Å². The Morgan fingerprint density at radius 3 is 2.52 bits per heavy atom. The van der Waals surface area contributed by atoms with Crippen molar-refractivity contribution in [3.05, 3.63) is 73.3 Å². The lowest BCUT2D eigenvalue weighted by Gasteiger charge is -2.31. The molecule has 0 aliphatic carbocycles. The quantitative estimate of drug-likeness (QED) is 0.445. The summed E-state index contributed by atoms with van der Waals surface area (Å²) >= 11 is 0. The molecule has 170 valence electrons. The van der Waals surface area contributed by atoms with E-state index in [0.29, 0.717) is 0 Å². The van der Waals surface area contributed by atoms with E-state index >= 15 is 0 Å². The van der Waals surface area contributed by atoms with Crippen LogP contribution in [0.2, 0.25) is 0 Å². The number of hydrogen-bond acceptors (Lipinski definition) is 5.